The van der Waals surface area contributed by atoms with Crippen LogP contribution < -0.4 is 5.32 Å². The molecule has 1 saturated heterocycles. The second-order valence-corrected chi connectivity index (χ2v) is 9.12. The van der Waals surface area contributed by atoms with Crippen LogP contribution in [0.3, 0.4) is 0 Å². The van der Waals surface area contributed by atoms with Gasteiger partial charge in [0.25, 0.3) is 0 Å². The summed E-state index contributed by atoms with van der Waals surface area (Å²) in [4.78, 5) is 6.50. The maximum absolute atomic E-state index is 14.8. The topological polar surface area (TPSA) is 58.9 Å². The number of hydrogen-bond donors (Lipinski definition) is 1. The molecule has 1 aliphatic heterocycles. The fraction of sp³-hybridized carbons (Fsp3) is 0.458. The maximum Gasteiger partial charge on any atom is 0.168 e. The molecule has 0 radical (unpaired) electrons. The quantitative estimate of drug-likeness (QED) is 0.554. The number of hydrogen-bond acceptors (Lipinski definition) is 5. The number of rotatable bonds is 7. The Morgan fingerprint density at radius 1 is 1.21 bits per heavy atom. The van der Waals surface area contributed by atoms with Gasteiger partial charge in [-0.3, -0.25) is 4.98 Å². The van der Waals surface area contributed by atoms with Crippen LogP contribution in [0.5, 0.6) is 0 Å². The molecule has 2 aromatic heterocycles. The van der Waals surface area contributed by atoms with Crippen LogP contribution in [-0.2, 0) is 0 Å². The fourth-order valence-corrected chi connectivity index (χ4v) is 4.40. The number of nitrogens with one attached hydrogen (secondary N) is 1. The molecule has 1 N–H and O–H groups in total. The number of fused-ring (bicyclic) bond motifs is 1. The molecule has 0 amide bonds. The van der Waals surface area contributed by atoms with E-state index in [0.29, 0.717) is 24.3 Å². The van der Waals surface area contributed by atoms with Gasteiger partial charge in [-0.1, -0.05) is 11.8 Å². The number of nitrogens with zero attached hydrogens (tertiary/aromatic N) is 5. The summed E-state index contributed by atoms with van der Waals surface area (Å²) in [6.07, 6.45) is 3.26. The maximum atomic E-state index is 14.8. The van der Waals surface area contributed by atoms with E-state index in [1.807, 2.05) is 11.6 Å². The van der Waals surface area contributed by atoms with Crippen LogP contribution in [0.2, 0.25) is 0 Å². The van der Waals surface area contributed by atoms with Crippen LogP contribution in [0, 0.1) is 11.6 Å². The molecule has 0 saturated carbocycles. The Bertz CT molecular complexity index is 1160. The zero-order chi connectivity index (χ0) is 23.8. The predicted octanol–water partition coefficient (Wildman–Crippen LogP) is 4.74. The zero-order valence-electron chi connectivity index (χ0n) is 19.2. The Balaban J connectivity index is 1.56. The van der Waals surface area contributed by atoms with Crippen molar-refractivity contribution in [3.63, 3.8) is 0 Å². The molecule has 0 unspecified atom stereocenters. The summed E-state index contributed by atoms with van der Waals surface area (Å²) < 4.78 is 45.3. The molecule has 3 aromatic rings. The van der Waals surface area contributed by atoms with Crippen LogP contribution in [0.15, 0.2) is 31.0 Å². The summed E-state index contributed by atoms with van der Waals surface area (Å²) >= 11 is 0. The van der Waals surface area contributed by atoms with Crippen LogP contribution in [-0.4, -0.2) is 56.7 Å². The lowest BCUT2D eigenvalue weighted by Gasteiger charge is -2.34. The minimum atomic E-state index is -1.22. The lowest BCUT2D eigenvalue weighted by atomic mass is 10.0. The van der Waals surface area contributed by atoms with Gasteiger partial charge in [0, 0.05) is 43.0 Å². The molecule has 0 spiro atoms. The average Bonchev–Trinajstić information content (AvgIpc) is 3.18. The first-order valence-electron chi connectivity index (χ1n) is 11.2. The highest BCUT2D eigenvalue weighted by atomic mass is 19.2. The third-order valence-electron chi connectivity index (χ3n) is 5.93. The number of alkyl halides is 1. The average molecular weight is 459 g/mol. The van der Waals surface area contributed by atoms with Gasteiger partial charge in [0.05, 0.1) is 17.9 Å². The first-order valence-corrected chi connectivity index (χ1v) is 11.2. The molecule has 1 aliphatic rings. The molecular weight excluding hydrogens is 429 g/mol. The molecule has 33 heavy (non-hydrogen) atoms. The summed E-state index contributed by atoms with van der Waals surface area (Å²) in [5.41, 5.74) is 0.834. The van der Waals surface area contributed by atoms with Gasteiger partial charge in [0.1, 0.15) is 16.7 Å². The highest BCUT2D eigenvalue weighted by Gasteiger charge is 2.27. The summed E-state index contributed by atoms with van der Waals surface area (Å²) in [6.45, 7) is 11.3. The molecule has 4 rings (SSSR count). The first kappa shape index (κ1) is 23.2. The summed E-state index contributed by atoms with van der Waals surface area (Å²) in [5.74, 6) is -1.94. The summed E-state index contributed by atoms with van der Waals surface area (Å²) in [7, 11) is 0. The third kappa shape index (κ3) is 4.88. The summed E-state index contributed by atoms with van der Waals surface area (Å²) in [6, 6.07) is 4.74. The Hall–Kier alpha value is -2.94. The van der Waals surface area contributed by atoms with Gasteiger partial charge in [0.15, 0.2) is 11.6 Å². The van der Waals surface area contributed by atoms with Crippen LogP contribution in [0.25, 0.3) is 28.0 Å². The number of halogens is 3. The van der Waals surface area contributed by atoms with Crippen molar-refractivity contribution in [1.29, 1.82) is 0 Å². The van der Waals surface area contributed by atoms with E-state index >= 15 is 0 Å². The van der Waals surface area contributed by atoms with Crippen LogP contribution in [0.4, 0.5) is 13.2 Å². The highest BCUT2D eigenvalue weighted by Crippen LogP contribution is 2.30. The Morgan fingerprint density at radius 2 is 1.94 bits per heavy atom. The summed E-state index contributed by atoms with van der Waals surface area (Å²) in [5, 5.41) is 11.4. The minimum Gasteiger partial charge on any atom is -0.385 e. The van der Waals surface area contributed by atoms with Crippen molar-refractivity contribution in [1.82, 2.24) is 30.2 Å². The van der Waals surface area contributed by atoms with Crippen molar-refractivity contribution < 1.29 is 13.2 Å². The van der Waals surface area contributed by atoms with Crippen molar-refractivity contribution >= 4 is 16.7 Å². The standard InChI is InChI=1S/C24H29F3N6/c1-5-28-15(2)17-6-7-18(23(26)22(17)25)19-12-20-21(13-29-19)33(31-30-20)16-8-10-32(11-9-16)14-24(3,4)27/h6-7,12-13,16,28H,2,5,8-11,14H2,1,3-4H3. The van der Waals surface area contributed by atoms with Gasteiger partial charge in [-0.15, -0.1) is 5.10 Å². The SMILES string of the molecule is C=C(NCC)c1ccc(-c2cc3nnn(C4CCN(CC(C)(C)F)CC4)c3cn2)c(F)c1F. The molecule has 3 heterocycles. The lowest BCUT2D eigenvalue weighted by molar-refractivity contribution is 0.0957. The van der Waals surface area contributed by atoms with E-state index in [9.17, 15) is 13.2 Å². The number of benzene rings is 1. The largest absolute Gasteiger partial charge is 0.385 e. The van der Waals surface area contributed by atoms with Crippen molar-refractivity contribution in [2.75, 3.05) is 26.2 Å². The van der Waals surface area contributed by atoms with E-state index in [2.05, 4.69) is 32.1 Å². The monoisotopic (exact) mass is 458 g/mol. The Kier molecular flexibility index (Phi) is 6.43. The molecule has 9 heteroatoms. The smallest absolute Gasteiger partial charge is 0.168 e. The molecule has 176 valence electrons. The van der Waals surface area contributed by atoms with Gasteiger partial charge in [-0.2, -0.15) is 0 Å². The second-order valence-electron chi connectivity index (χ2n) is 9.12. The van der Waals surface area contributed by atoms with Gasteiger partial charge < -0.3 is 10.2 Å². The highest BCUT2D eigenvalue weighted by molar-refractivity contribution is 5.79. The number of piperidine rings is 1. The van der Waals surface area contributed by atoms with Crippen molar-refractivity contribution in [3.8, 4) is 11.3 Å². The fourth-order valence-electron chi connectivity index (χ4n) is 4.40. The van der Waals surface area contributed by atoms with Gasteiger partial charge in [0.2, 0.25) is 0 Å². The van der Waals surface area contributed by atoms with Gasteiger partial charge in [-0.05, 0) is 51.8 Å². The van der Waals surface area contributed by atoms with E-state index in [4.69, 9.17) is 0 Å². The number of likely N-dealkylation sites (tertiary alicyclic amines) is 1. The van der Waals surface area contributed by atoms with Crippen molar-refractivity contribution in [3.05, 3.63) is 48.2 Å². The van der Waals surface area contributed by atoms with E-state index in [1.54, 1.807) is 26.1 Å². The van der Waals surface area contributed by atoms with E-state index < -0.39 is 17.3 Å². The van der Waals surface area contributed by atoms with E-state index in [1.165, 1.54) is 12.1 Å². The molecule has 1 fully saturated rings. The lowest BCUT2D eigenvalue weighted by Crippen LogP contribution is -2.41. The number of pyridine rings is 1. The predicted molar refractivity (Wildman–Crippen MR) is 123 cm³/mol. The van der Waals surface area contributed by atoms with E-state index in [0.717, 1.165) is 31.4 Å². The van der Waals surface area contributed by atoms with Gasteiger partial charge >= 0.3 is 0 Å². The van der Waals surface area contributed by atoms with E-state index in [-0.39, 0.29) is 22.9 Å². The van der Waals surface area contributed by atoms with Gasteiger partial charge in [-0.25, -0.2) is 17.9 Å². The zero-order valence-corrected chi connectivity index (χ0v) is 19.2. The third-order valence-corrected chi connectivity index (χ3v) is 5.93. The normalized spacial score (nSPS) is 15.8. The molecule has 0 atom stereocenters. The number of aromatic nitrogens is 4. The molecule has 6 nitrogen and oxygen atoms in total. The Morgan fingerprint density at radius 3 is 2.61 bits per heavy atom. The Labute approximate surface area is 191 Å². The molecule has 0 aliphatic carbocycles. The molecular formula is C24H29F3N6. The van der Waals surface area contributed by atoms with Crippen molar-refractivity contribution in [2.24, 2.45) is 0 Å². The molecule has 0 bridgehead atoms. The van der Waals surface area contributed by atoms with Crippen LogP contribution >= 0.6 is 0 Å². The van der Waals surface area contributed by atoms with Crippen LogP contribution in [0.1, 0.15) is 45.2 Å². The minimum absolute atomic E-state index is 0.0548. The second kappa shape index (κ2) is 9.13. The first-order chi connectivity index (χ1) is 15.7. The van der Waals surface area contributed by atoms with Crippen molar-refractivity contribution in [2.45, 2.75) is 45.3 Å². The molecule has 1 aromatic carbocycles.